The van der Waals surface area contributed by atoms with Crippen LogP contribution >= 0.6 is 0 Å². The largest absolute Gasteiger partial charge is 0.352 e. The molecule has 0 radical (unpaired) electrons. The number of hydrogen-bond donors (Lipinski definition) is 4. The van der Waals surface area contributed by atoms with E-state index in [9.17, 15) is 9.59 Å². The number of rotatable bonds is 4. The highest BCUT2D eigenvalue weighted by atomic mass is 16.2. The summed E-state index contributed by atoms with van der Waals surface area (Å²) in [4.78, 5) is 20.3. The Morgan fingerprint density at radius 1 is 0.645 bits per heavy atom. The Labute approximate surface area is 187 Å². The average molecular weight is 429 g/mol. The third-order valence-electron chi connectivity index (χ3n) is 3.68. The van der Waals surface area contributed by atoms with Gasteiger partial charge in [0.05, 0.1) is 0 Å². The zero-order valence-electron chi connectivity index (χ0n) is 19.9. The first-order valence-corrected chi connectivity index (χ1v) is 10.4. The second-order valence-corrected chi connectivity index (χ2v) is 9.70. The van der Waals surface area contributed by atoms with Crippen molar-refractivity contribution in [1.29, 1.82) is 0 Å². The lowest BCUT2D eigenvalue weighted by Crippen LogP contribution is -2.35. The fourth-order valence-electron chi connectivity index (χ4n) is 2.13. The van der Waals surface area contributed by atoms with Crippen molar-refractivity contribution in [2.45, 2.75) is 48.0 Å². The van der Waals surface area contributed by atoms with Crippen LogP contribution in [0.25, 0.3) is 0 Å². The maximum atomic E-state index is 10.2. The van der Waals surface area contributed by atoms with E-state index in [4.69, 9.17) is 11.5 Å². The Hall–Kier alpha value is -3.02. The molecule has 6 nitrogen and oxygen atoms in total. The van der Waals surface area contributed by atoms with Crippen LogP contribution in [-0.4, -0.2) is 25.2 Å². The molecule has 0 unspecified atom stereocenters. The van der Waals surface area contributed by atoms with E-state index in [0.717, 1.165) is 6.42 Å². The fraction of sp³-hybridized carbons (Fsp3) is 0.440. The first kappa shape index (κ1) is 28.0. The Kier molecular flexibility index (Phi) is 12.7. The summed E-state index contributed by atoms with van der Waals surface area (Å²) in [7, 11) is 0. The van der Waals surface area contributed by atoms with Crippen molar-refractivity contribution >= 4 is 12.1 Å². The summed E-state index contributed by atoms with van der Waals surface area (Å²) in [5.41, 5.74) is 12.7. The summed E-state index contributed by atoms with van der Waals surface area (Å²) in [6.07, 6.45) is 1.03. The topological polar surface area (TPSA) is 110 Å². The number of nitrogens with two attached hydrogens (primary N) is 2. The van der Waals surface area contributed by atoms with E-state index in [0.29, 0.717) is 13.1 Å². The summed E-state index contributed by atoms with van der Waals surface area (Å²) in [6.45, 7) is 13.4. The normalized spacial score (nSPS) is 10.5. The molecular formula is C25H40N4O2. The standard InChI is InChI=1S/C13H12.2C6H14N2O/c1-3-7-12(8-4-1)11-13-9-5-2-6-10-13;2*1-6(2,3)4-8-5(7)9/h1-10H,11H2;2*4H2,1-3H3,(H3,7,8,9). The van der Waals surface area contributed by atoms with Crippen LogP contribution in [-0.2, 0) is 6.42 Å². The third kappa shape index (κ3) is 20.0. The molecule has 0 fully saturated rings. The minimum absolute atomic E-state index is 0.120. The number of carbonyl (C=O) groups excluding carboxylic acids is 2. The summed E-state index contributed by atoms with van der Waals surface area (Å²) in [5.74, 6) is 0. The van der Waals surface area contributed by atoms with Crippen molar-refractivity contribution in [2.24, 2.45) is 22.3 Å². The van der Waals surface area contributed by atoms with Gasteiger partial charge in [-0.15, -0.1) is 0 Å². The van der Waals surface area contributed by atoms with E-state index in [-0.39, 0.29) is 10.8 Å². The van der Waals surface area contributed by atoms with Crippen LogP contribution in [0.3, 0.4) is 0 Å². The van der Waals surface area contributed by atoms with Crippen LogP contribution in [0, 0.1) is 10.8 Å². The SMILES string of the molecule is CC(C)(C)CNC(N)=O.CC(C)(C)CNC(N)=O.c1ccc(Cc2ccccc2)cc1. The monoisotopic (exact) mass is 428 g/mol. The summed E-state index contributed by atoms with van der Waals surface area (Å²) in [5, 5.41) is 5.05. The van der Waals surface area contributed by atoms with E-state index < -0.39 is 12.1 Å². The van der Waals surface area contributed by atoms with Crippen molar-refractivity contribution in [1.82, 2.24) is 10.6 Å². The highest BCUT2D eigenvalue weighted by molar-refractivity contribution is 5.71. The molecule has 0 atom stereocenters. The molecule has 0 aliphatic rings. The first-order chi connectivity index (χ1) is 14.3. The molecule has 0 spiro atoms. The molecule has 6 N–H and O–H groups in total. The van der Waals surface area contributed by atoms with Gasteiger partial charge >= 0.3 is 12.1 Å². The Bertz CT molecular complexity index is 683. The van der Waals surface area contributed by atoms with Crippen LogP contribution in [0.15, 0.2) is 60.7 Å². The smallest absolute Gasteiger partial charge is 0.312 e. The van der Waals surface area contributed by atoms with Crippen molar-refractivity contribution in [3.05, 3.63) is 71.8 Å². The van der Waals surface area contributed by atoms with Gasteiger partial charge < -0.3 is 22.1 Å². The molecule has 0 saturated heterocycles. The number of benzene rings is 2. The number of primary amides is 2. The van der Waals surface area contributed by atoms with Gasteiger partial charge in [0, 0.05) is 13.1 Å². The number of hydrogen-bond acceptors (Lipinski definition) is 2. The maximum Gasteiger partial charge on any atom is 0.312 e. The first-order valence-electron chi connectivity index (χ1n) is 10.4. The van der Waals surface area contributed by atoms with Gasteiger partial charge in [0.25, 0.3) is 0 Å². The number of carbonyl (C=O) groups is 2. The minimum Gasteiger partial charge on any atom is -0.352 e. The Morgan fingerprint density at radius 2 is 0.935 bits per heavy atom. The van der Waals surface area contributed by atoms with Crippen molar-refractivity contribution < 1.29 is 9.59 Å². The van der Waals surface area contributed by atoms with Gasteiger partial charge in [-0.05, 0) is 28.4 Å². The van der Waals surface area contributed by atoms with Crippen LogP contribution < -0.4 is 22.1 Å². The average Bonchev–Trinajstić information content (AvgIpc) is 2.67. The molecule has 0 aromatic heterocycles. The predicted molar refractivity (Wildman–Crippen MR) is 130 cm³/mol. The molecular weight excluding hydrogens is 388 g/mol. The molecule has 172 valence electrons. The Balaban J connectivity index is 0.000000452. The van der Waals surface area contributed by atoms with Gasteiger partial charge in [0.2, 0.25) is 0 Å². The second-order valence-electron chi connectivity index (χ2n) is 9.70. The van der Waals surface area contributed by atoms with Gasteiger partial charge in [0.1, 0.15) is 0 Å². The van der Waals surface area contributed by atoms with Gasteiger partial charge in [0.15, 0.2) is 0 Å². The van der Waals surface area contributed by atoms with Gasteiger partial charge in [-0.1, -0.05) is 102 Å². The highest BCUT2D eigenvalue weighted by Gasteiger charge is 2.10. The molecule has 4 amide bonds. The number of nitrogens with one attached hydrogen (secondary N) is 2. The van der Waals surface area contributed by atoms with E-state index in [1.54, 1.807) is 0 Å². The molecule has 0 heterocycles. The summed E-state index contributed by atoms with van der Waals surface area (Å²) in [6, 6.07) is 20.2. The van der Waals surface area contributed by atoms with Gasteiger partial charge in [-0.25, -0.2) is 9.59 Å². The van der Waals surface area contributed by atoms with E-state index in [1.807, 2.05) is 41.5 Å². The Morgan fingerprint density at radius 3 is 1.13 bits per heavy atom. The summed E-state index contributed by atoms with van der Waals surface area (Å²) < 4.78 is 0. The highest BCUT2D eigenvalue weighted by Crippen LogP contribution is 2.10. The van der Waals surface area contributed by atoms with Crippen LogP contribution in [0.2, 0.25) is 0 Å². The molecule has 2 aromatic carbocycles. The lowest BCUT2D eigenvalue weighted by atomic mass is 9.97. The quantitative estimate of drug-likeness (QED) is 0.567. The molecule has 0 aliphatic heterocycles. The second kappa shape index (κ2) is 14.1. The number of amides is 4. The summed E-state index contributed by atoms with van der Waals surface area (Å²) >= 11 is 0. The van der Waals surface area contributed by atoms with Crippen molar-refractivity contribution in [3.8, 4) is 0 Å². The molecule has 2 aromatic rings. The van der Waals surface area contributed by atoms with Crippen molar-refractivity contribution in [2.75, 3.05) is 13.1 Å². The van der Waals surface area contributed by atoms with Crippen LogP contribution in [0.1, 0.15) is 52.7 Å². The lowest BCUT2D eigenvalue weighted by Gasteiger charge is -2.17. The molecule has 0 bridgehead atoms. The van der Waals surface area contributed by atoms with Crippen molar-refractivity contribution in [3.63, 3.8) is 0 Å². The molecule has 6 heteroatoms. The molecule has 0 aliphatic carbocycles. The van der Waals surface area contributed by atoms with E-state index in [2.05, 4.69) is 71.3 Å². The number of urea groups is 2. The maximum absolute atomic E-state index is 10.2. The van der Waals surface area contributed by atoms with Gasteiger partial charge in [-0.2, -0.15) is 0 Å². The zero-order chi connectivity index (χ0) is 23.9. The fourth-order valence-corrected chi connectivity index (χ4v) is 2.13. The molecule has 2 rings (SSSR count). The predicted octanol–water partition coefficient (Wildman–Crippen LogP) is 4.68. The van der Waals surface area contributed by atoms with Crippen LogP contribution in [0.5, 0.6) is 0 Å². The minimum atomic E-state index is -0.454. The lowest BCUT2D eigenvalue weighted by molar-refractivity contribution is 0.243. The van der Waals surface area contributed by atoms with E-state index >= 15 is 0 Å². The zero-order valence-corrected chi connectivity index (χ0v) is 19.9. The van der Waals surface area contributed by atoms with Crippen LogP contribution in [0.4, 0.5) is 9.59 Å². The third-order valence-corrected chi connectivity index (χ3v) is 3.68. The van der Waals surface area contributed by atoms with Gasteiger partial charge in [-0.3, -0.25) is 0 Å². The van der Waals surface area contributed by atoms with E-state index in [1.165, 1.54) is 11.1 Å². The molecule has 0 saturated carbocycles. The molecule has 31 heavy (non-hydrogen) atoms.